The molecule has 234 valence electrons. The summed E-state index contributed by atoms with van der Waals surface area (Å²) in [6.45, 7) is -0.292. The van der Waals surface area contributed by atoms with Gasteiger partial charge >= 0.3 is 0 Å². The Morgan fingerprint density at radius 1 is 1.09 bits per heavy atom. The number of nitrogens with one attached hydrogen (secondary N) is 1. The Morgan fingerprint density at radius 3 is 2.59 bits per heavy atom. The van der Waals surface area contributed by atoms with Crippen molar-refractivity contribution in [1.29, 1.82) is 0 Å². The summed E-state index contributed by atoms with van der Waals surface area (Å²) in [5.74, 6) is -0.0339. The summed E-state index contributed by atoms with van der Waals surface area (Å²) in [4.78, 5) is 38.2. The van der Waals surface area contributed by atoms with Gasteiger partial charge in [-0.1, -0.05) is 30.3 Å². The van der Waals surface area contributed by atoms with E-state index in [0.717, 1.165) is 11.8 Å². The fourth-order valence-electron chi connectivity index (χ4n) is 4.08. The number of hydrogen-bond acceptors (Lipinski definition) is 11. The molecule has 2 heterocycles. The Morgan fingerprint density at radius 2 is 1.87 bits per heavy atom. The first-order chi connectivity index (χ1) is 22.1. The molecular formula is C30H24N6O8S2. The molecule has 0 unspecified atom stereocenters. The summed E-state index contributed by atoms with van der Waals surface area (Å²) in [5.41, 5.74) is 1.23. The van der Waals surface area contributed by atoms with E-state index in [-0.39, 0.29) is 34.8 Å². The summed E-state index contributed by atoms with van der Waals surface area (Å²) in [6, 6.07) is 21.5. The highest BCUT2D eigenvalue weighted by Gasteiger charge is 2.34. The summed E-state index contributed by atoms with van der Waals surface area (Å²) in [7, 11) is -3.86. The molecule has 0 aliphatic carbocycles. The van der Waals surface area contributed by atoms with Crippen LogP contribution in [0.4, 0.5) is 11.4 Å². The molecule has 4 aromatic rings. The number of amides is 2. The number of carbonyl (C=O) groups is 2. The van der Waals surface area contributed by atoms with Crippen molar-refractivity contribution in [3.8, 4) is 5.75 Å². The number of hydrogen-bond donors (Lipinski definition) is 2. The van der Waals surface area contributed by atoms with E-state index in [9.17, 15) is 28.1 Å². The number of para-hydroxylation sites is 1. The van der Waals surface area contributed by atoms with Crippen LogP contribution in [0.2, 0.25) is 0 Å². The third-order valence-corrected chi connectivity index (χ3v) is 8.17. The summed E-state index contributed by atoms with van der Waals surface area (Å²) in [5, 5.41) is 27.3. The van der Waals surface area contributed by atoms with Crippen molar-refractivity contribution in [2.24, 2.45) is 15.3 Å². The van der Waals surface area contributed by atoms with Gasteiger partial charge in [0.1, 0.15) is 11.5 Å². The van der Waals surface area contributed by atoms with Gasteiger partial charge in [-0.15, -0.1) is 5.10 Å². The molecule has 3 N–H and O–H groups in total. The highest BCUT2D eigenvalue weighted by molar-refractivity contribution is 8.18. The number of non-ortho nitro benzene ring substituents is 1. The minimum atomic E-state index is -3.86. The monoisotopic (exact) mass is 660 g/mol. The molecule has 16 heteroatoms. The normalized spacial score (nSPS) is 15.2. The number of primary sulfonamides is 1. The number of thioether (sulfide) groups is 1. The standard InChI is InChI=1S/C30H24N6O8S2/c31-46(41,42)25-12-10-22(11-13-25)33-28(37)19-44-26-9-2-1-6-21(26)16-27-29(38)35(18-24-8-4-14-43-24)30(45-27)34-32-17-20-5-3-7-23(15-20)36(39)40/h1-17H,18-19H2,(H,33,37)(H2,31,41,42)/b27-16-,32-17+,34-30-. The number of nitrogens with two attached hydrogens (primary N) is 1. The Labute approximate surface area is 266 Å². The molecule has 0 atom stereocenters. The zero-order valence-electron chi connectivity index (χ0n) is 23.7. The molecule has 0 spiro atoms. The van der Waals surface area contributed by atoms with Crippen LogP contribution in [0.25, 0.3) is 6.08 Å². The molecule has 3 aromatic carbocycles. The minimum Gasteiger partial charge on any atom is -0.483 e. The molecule has 0 saturated carbocycles. The van der Waals surface area contributed by atoms with Gasteiger partial charge in [0.15, 0.2) is 11.8 Å². The molecule has 1 aliphatic rings. The van der Waals surface area contributed by atoms with Gasteiger partial charge in [0, 0.05) is 28.9 Å². The van der Waals surface area contributed by atoms with E-state index in [1.165, 1.54) is 59.8 Å². The molecule has 2 amide bonds. The molecule has 0 radical (unpaired) electrons. The van der Waals surface area contributed by atoms with Crippen molar-refractivity contribution >= 4 is 62.4 Å². The number of anilines is 1. The lowest BCUT2D eigenvalue weighted by Gasteiger charge is -2.12. The molecule has 1 aliphatic heterocycles. The van der Waals surface area contributed by atoms with Gasteiger partial charge in [-0.2, -0.15) is 5.10 Å². The van der Waals surface area contributed by atoms with E-state index in [4.69, 9.17) is 14.3 Å². The Hall–Kier alpha value is -5.58. The summed E-state index contributed by atoms with van der Waals surface area (Å²) in [6.07, 6.45) is 4.44. The Kier molecular flexibility index (Phi) is 9.70. The number of nitro benzene ring substituents is 1. The fourth-order valence-corrected chi connectivity index (χ4v) is 5.53. The lowest BCUT2D eigenvalue weighted by atomic mass is 10.2. The van der Waals surface area contributed by atoms with Gasteiger partial charge in [-0.25, -0.2) is 13.6 Å². The van der Waals surface area contributed by atoms with Crippen molar-refractivity contribution in [2.45, 2.75) is 11.4 Å². The average molecular weight is 661 g/mol. The van der Waals surface area contributed by atoms with Gasteiger partial charge in [0.25, 0.3) is 17.5 Å². The van der Waals surface area contributed by atoms with E-state index in [2.05, 4.69) is 15.5 Å². The van der Waals surface area contributed by atoms with Gasteiger partial charge in [0.05, 0.1) is 33.7 Å². The number of nitrogens with zero attached hydrogens (tertiary/aromatic N) is 4. The Balaban J connectivity index is 1.32. The first-order valence-corrected chi connectivity index (χ1v) is 15.7. The number of sulfonamides is 1. The summed E-state index contributed by atoms with van der Waals surface area (Å²) < 4.78 is 34.1. The van der Waals surface area contributed by atoms with Crippen LogP contribution in [0.3, 0.4) is 0 Å². The quantitative estimate of drug-likeness (QED) is 0.101. The van der Waals surface area contributed by atoms with Gasteiger partial charge in [-0.05, 0) is 60.3 Å². The number of amidine groups is 1. The predicted octanol–water partition coefficient (Wildman–Crippen LogP) is 4.36. The number of ether oxygens (including phenoxy) is 1. The topological polar surface area (TPSA) is 200 Å². The van der Waals surface area contributed by atoms with Crippen molar-refractivity contribution in [3.05, 3.63) is 123 Å². The maximum absolute atomic E-state index is 13.5. The van der Waals surface area contributed by atoms with Crippen LogP contribution in [-0.4, -0.2) is 48.0 Å². The van der Waals surface area contributed by atoms with Crippen LogP contribution >= 0.6 is 11.8 Å². The zero-order valence-corrected chi connectivity index (χ0v) is 25.3. The fraction of sp³-hybridized carbons (Fsp3) is 0.0667. The van der Waals surface area contributed by atoms with Crippen LogP contribution in [0.5, 0.6) is 5.75 Å². The number of benzene rings is 3. The second-order valence-electron chi connectivity index (χ2n) is 9.50. The second kappa shape index (κ2) is 14.0. The maximum Gasteiger partial charge on any atom is 0.270 e. The molecule has 1 saturated heterocycles. The maximum atomic E-state index is 13.5. The van der Waals surface area contributed by atoms with E-state index < -0.39 is 20.9 Å². The molecule has 0 bridgehead atoms. The second-order valence-corrected chi connectivity index (χ2v) is 12.1. The highest BCUT2D eigenvalue weighted by Crippen LogP contribution is 2.35. The first-order valence-electron chi connectivity index (χ1n) is 13.3. The lowest BCUT2D eigenvalue weighted by molar-refractivity contribution is -0.384. The van der Waals surface area contributed by atoms with Gasteiger partial charge < -0.3 is 14.5 Å². The van der Waals surface area contributed by atoms with Gasteiger partial charge in [0.2, 0.25) is 10.0 Å². The SMILES string of the molecule is NS(=O)(=O)c1ccc(NC(=O)COc2ccccc2/C=C2\S/C(=N\N=C\c3cccc([N+](=O)[O-])c3)N(Cc3ccco3)C2=O)cc1. The van der Waals surface area contributed by atoms with Crippen molar-refractivity contribution in [2.75, 3.05) is 11.9 Å². The molecule has 14 nitrogen and oxygen atoms in total. The largest absolute Gasteiger partial charge is 0.483 e. The molecule has 46 heavy (non-hydrogen) atoms. The van der Waals surface area contributed by atoms with Crippen LogP contribution < -0.4 is 15.2 Å². The van der Waals surface area contributed by atoms with Crippen LogP contribution in [0.1, 0.15) is 16.9 Å². The number of furan rings is 1. The van der Waals surface area contributed by atoms with Crippen molar-refractivity contribution in [1.82, 2.24) is 4.90 Å². The number of carbonyl (C=O) groups excluding carboxylic acids is 2. The zero-order chi connectivity index (χ0) is 32.7. The first kappa shape index (κ1) is 31.8. The molecule has 1 fully saturated rings. The van der Waals surface area contributed by atoms with Crippen LogP contribution in [0.15, 0.2) is 116 Å². The minimum absolute atomic E-state index is 0.0812. The summed E-state index contributed by atoms with van der Waals surface area (Å²) >= 11 is 1.06. The van der Waals surface area contributed by atoms with E-state index in [1.807, 2.05) is 0 Å². The molecular weight excluding hydrogens is 636 g/mol. The third-order valence-electron chi connectivity index (χ3n) is 6.24. The predicted molar refractivity (Wildman–Crippen MR) is 171 cm³/mol. The molecule has 1 aromatic heterocycles. The Bertz CT molecular complexity index is 1970. The average Bonchev–Trinajstić information content (AvgIpc) is 3.65. The van der Waals surface area contributed by atoms with Crippen molar-refractivity contribution in [3.63, 3.8) is 0 Å². The van der Waals surface area contributed by atoms with E-state index in [0.29, 0.717) is 33.2 Å². The smallest absolute Gasteiger partial charge is 0.270 e. The number of rotatable bonds is 11. The lowest BCUT2D eigenvalue weighted by Crippen LogP contribution is -2.28. The number of nitro groups is 1. The van der Waals surface area contributed by atoms with Crippen molar-refractivity contribution < 1.29 is 32.1 Å². The van der Waals surface area contributed by atoms with Crippen LogP contribution in [-0.2, 0) is 26.2 Å². The molecule has 5 rings (SSSR count). The van der Waals surface area contributed by atoms with Gasteiger partial charge in [-0.3, -0.25) is 24.6 Å². The third kappa shape index (κ3) is 8.12. The van der Waals surface area contributed by atoms with E-state index >= 15 is 0 Å². The van der Waals surface area contributed by atoms with Crippen LogP contribution in [0, 0.1) is 10.1 Å². The highest BCUT2D eigenvalue weighted by atomic mass is 32.2. The van der Waals surface area contributed by atoms with E-state index in [1.54, 1.807) is 48.5 Å².